The van der Waals surface area contributed by atoms with Crippen molar-refractivity contribution < 1.29 is 19.6 Å². The highest BCUT2D eigenvalue weighted by Crippen LogP contribution is 2.27. The first kappa shape index (κ1) is 23.3. The van der Waals surface area contributed by atoms with E-state index in [2.05, 4.69) is 5.32 Å². The third-order valence-corrected chi connectivity index (χ3v) is 5.15. The molecule has 0 fully saturated rings. The summed E-state index contributed by atoms with van der Waals surface area (Å²) < 4.78 is 0. The fourth-order valence-electron chi connectivity index (χ4n) is 3.00. The number of carbonyl (C=O) groups excluding carboxylic acids is 3. The molecule has 0 aliphatic carbocycles. The molecule has 3 rings (SSSR count). The van der Waals surface area contributed by atoms with Gasteiger partial charge < -0.3 is 10.2 Å². The molecule has 0 aliphatic rings. The van der Waals surface area contributed by atoms with Gasteiger partial charge in [-0.1, -0.05) is 35.3 Å². The number of anilines is 1. The molecule has 0 saturated heterocycles. The van der Waals surface area contributed by atoms with Crippen LogP contribution in [0.1, 0.15) is 31.1 Å². The van der Waals surface area contributed by atoms with Crippen LogP contribution in [0, 0.1) is 0 Å². The van der Waals surface area contributed by atoms with E-state index in [1.54, 1.807) is 56.0 Å². The smallest absolute Gasteiger partial charge is 0.274 e. The first-order valence-corrected chi connectivity index (χ1v) is 10.1. The van der Waals surface area contributed by atoms with Gasteiger partial charge in [0.15, 0.2) is 0 Å². The summed E-state index contributed by atoms with van der Waals surface area (Å²) in [7, 11) is 3.26. The van der Waals surface area contributed by atoms with E-state index >= 15 is 0 Å². The number of benzene rings is 3. The number of hydroxylamine groups is 1. The normalized spacial score (nSPS) is 10.4. The van der Waals surface area contributed by atoms with Gasteiger partial charge in [0.05, 0.1) is 10.6 Å². The zero-order valence-corrected chi connectivity index (χ0v) is 18.7. The maximum Gasteiger partial charge on any atom is 0.274 e. The van der Waals surface area contributed by atoms with Gasteiger partial charge in [0.2, 0.25) is 0 Å². The molecule has 0 bridgehead atoms. The largest absolute Gasteiger partial charge is 0.345 e. The number of rotatable bonds is 5. The molecular weight excluding hydrogens is 453 g/mol. The van der Waals surface area contributed by atoms with Crippen molar-refractivity contribution in [2.75, 3.05) is 19.4 Å². The van der Waals surface area contributed by atoms with Crippen molar-refractivity contribution in [3.8, 4) is 11.1 Å². The van der Waals surface area contributed by atoms with E-state index in [1.807, 2.05) is 0 Å². The van der Waals surface area contributed by atoms with Crippen molar-refractivity contribution in [2.24, 2.45) is 0 Å². The molecule has 7 nitrogen and oxygen atoms in total. The van der Waals surface area contributed by atoms with Gasteiger partial charge >= 0.3 is 0 Å². The summed E-state index contributed by atoms with van der Waals surface area (Å²) in [4.78, 5) is 38.4. The van der Waals surface area contributed by atoms with Crippen LogP contribution in [-0.4, -0.2) is 41.9 Å². The first-order valence-electron chi connectivity index (χ1n) is 9.37. The third-order valence-electron chi connectivity index (χ3n) is 4.60. The van der Waals surface area contributed by atoms with E-state index in [0.717, 1.165) is 0 Å². The summed E-state index contributed by atoms with van der Waals surface area (Å²) >= 11 is 12.0. The SMILES string of the molecule is CN(C)C(=O)c1cc(NC(=O)c2ccc(Cl)cc2Cl)cc(-c2ccc(C(=O)NO)cc2)c1. The Morgan fingerprint density at radius 2 is 1.50 bits per heavy atom. The molecule has 0 aliphatic heterocycles. The van der Waals surface area contributed by atoms with Crippen molar-refractivity contribution in [1.29, 1.82) is 0 Å². The molecule has 0 spiro atoms. The van der Waals surface area contributed by atoms with Gasteiger partial charge in [0, 0.05) is 35.9 Å². The van der Waals surface area contributed by atoms with Crippen LogP contribution >= 0.6 is 23.2 Å². The number of carbonyl (C=O) groups is 3. The molecule has 3 aromatic carbocycles. The second-order valence-electron chi connectivity index (χ2n) is 7.10. The van der Waals surface area contributed by atoms with Crippen molar-refractivity contribution in [1.82, 2.24) is 10.4 Å². The van der Waals surface area contributed by atoms with E-state index in [4.69, 9.17) is 28.4 Å². The van der Waals surface area contributed by atoms with Gasteiger partial charge in [0.25, 0.3) is 17.7 Å². The molecule has 3 N–H and O–H groups in total. The molecular formula is C23H19Cl2N3O4. The summed E-state index contributed by atoms with van der Waals surface area (Å²) in [6.07, 6.45) is 0. The Bertz CT molecular complexity index is 1190. The van der Waals surface area contributed by atoms with Gasteiger partial charge in [-0.25, -0.2) is 5.48 Å². The van der Waals surface area contributed by atoms with Crippen LogP contribution in [0.5, 0.6) is 0 Å². The van der Waals surface area contributed by atoms with Crippen molar-refractivity contribution >= 4 is 46.6 Å². The van der Waals surface area contributed by atoms with Crippen LogP contribution < -0.4 is 10.8 Å². The summed E-state index contributed by atoms with van der Waals surface area (Å²) in [6.45, 7) is 0. The second-order valence-corrected chi connectivity index (χ2v) is 7.94. The summed E-state index contributed by atoms with van der Waals surface area (Å²) in [5.41, 5.74) is 4.18. The fourth-order valence-corrected chi connectivity index (χ4v) is 3.49. The highest BCUT2D eigenvalue weighted by Gasteiger charge is 2.16. The Hall–Kier alpha value is -3.39. The Labute approximate surface area is 194 Å². The van der Waals surface area contributed by atoms with Crippen molar-refractivity contribution in [3.05, 3.63) is 87.4 Å². The molecule has 0 saturated carbocycles. The molecule has 9 heteroatoms. The highest BCUT2D eigenvalue weighted by atomic mass is 35.5. The number of hydrogen-bond donors (Lipinski definition) is 3. The zero-order valence-electron chi connectivity index (χ0n) is 17.1. The average molecular weight is 472 g/mol. The minimum Gasteiger partial charge on any atom is -0.345 e. The van der Waals surface area contributed by atoms with Crippen LogP contribution in [0.25, 0.3) is 11.1 Å². The maximum atomic E-state index is 12.8. The van der Waals surface area contributed by atoms with Crippen LogP contribution in [0.2, 0.25) is 10.0 Å². The van der Waals surface area contributed by atoms with E-state index < -0.39 is 11.8 Å². The second kappa shape index (κ2) is 9.82. The lowest BCUT2D eigenvalue weighted by Crippen LogP contribution is -2.22. The van der Waals surface area contributed by atoms with E-state index in [0.29, 0.717) is 27.4 Å². The maximum absolute atomic E-state index is 12.8. The minimum absolute atomic E-state index is 0.202. The fraction of sp³-hybridized carbons (Fsp3) is 0.0870. The van der Waals surface area contributed by atoms with Crippen LogP contribution in [-0.2, 0) is 0 Å². The number of nitrogens with one attached hydrogen (secondary N) is 2. The van der Waals surface area contributed by atoms with E-state index in [9.17, 15) is 14.4 Å². The van der Waals surface area contributed by atoms with E-state index in [1.165, 1.54) is 29.2 Å². The number of halogens is 2. The molecule has 0 heterocycles. The quantitative estimate of drug-likeness (QED) is 0.369. The predicted octanol–water partition coefficient (Wildman–Crippen LogP) is 4.73. The first-order chi connectivity index (χ1) is 15.2. The topological polar surface area (TPSA) is 98.7 Å². The van der Waals surface area contributed by atoms with Gasteiger partial charge in [-0.15, -0.1) is 0 Å². The lowest BCUT2D eigenvalue weighted by molar-refractivity contribution is 0.0706. The van der Waals surface area contributed by atoms with E-state index in [-0.39, 0.29) is 22.1 Å². The minimum atomic E-state index is -0.638. The van der Waals surface area contributed by atoms with Crippen LogP contribution in [0.15, 0.2) is 60.7 Å². The number of hydrogen-bond acceptors (Lipinski definition) is 4. The molecule has 3 aromatic rings. The Kier molecular flexibility index (Phi) is 7.15. The van der Waals surface area contributed by atoms with Gasteiger partial charge in [0.1, 0.15) is 0 Å². The molecule has 0 aromatic heterocycles. The van der Waals surface area contributed by atoms with Crippen LogP contribution in [0.3, 0.4) is 0 Å². The zero-order chi connectivity index (χ0) is 23.4. The Morgan fingerprint density at radius 1 is 0.812 bits per heavy atom. The lowest BCUT2D eigenvalue weighted by Gasteiger charge is -2.15. The molecule has 0 atom stereocenters. The standard InChI is InChI=1S/C23H19Cl2N3O4/c1-28(2)23(31)16-9-15(13-3-5-14(6-4-13)21(29)27-32)10-18(11-16)26-22(30)19-8-7-17(24)12-20(19)25/h3-12,32H,1-2H3,(H,26,30)(H,27,29). The molecule has 32 heavy (non-hydrogen) atoms. The summed E-state index contributed by atoms with van der Waals surface area (Å²) in [6, 6.07) is 15.9. The predicted molar refractivity (Wildman–Crippen MR) is 124 cm³/mol. The average Bonchev–Trinajstić information content (AvgIpc) is 2.77. The summed E-state index contributed by atoms with van der Waals surface area (Å²) in [5, 5.41) is 12.2. The molecule has 164 valence electrons. The van der Waals surface area contributed by atoms with Crippen molar-refractivity contribution in [3.63, 3.8) is 0 Å². The number of nitrogens with zero attached hydrogens (tertiary/aromatic N) is 1. The Balaban J connectivity index is 2.00. The van der Waals surface area contributed by atoms with Gasteiger partial charge in [-0.3, -0.25) is 19.6 Å². The molecule has 3 amide bonds. The lowest BCUT2D eigenvalue weighted by atomic mass is 10.00. The molecule has 0 unspecified atom stereocenters. The van der Waals surface area contributed by atoms with Gasteiger partial charge in [-0.2, -0.15) is 0 Å². The monoisotopic (exact) mass is 471 g/mol. The summed E-state index contributed by atoms with van der Waals surface area (Å²) in [5.74, 6) is -1.34. The van der Waals surface area contributed by atoms with Crippen molar-refractivity contribution in [2.45, 2.75) is 0 Å². The molecule has 0 radical (unpaired) electrons. The van der Waals surface area contributed by atoms with Crippen LogP contribution in [0.4, 0.5) is 5.69 Å². The Morgan fingerprint density at radius 3 is 2.09 bits per heavy atom. The van der Waals surface area contributed by atoms with Gasteiger partial charge in [-0.05, 0) is 59.7 Å². The highest BCUT2D eigenvalue weighted by molar-refractivity contribution is 6.37. The third kappa shape index (κ3) is 5.26. The number of amides is 3.